The lowest BCUT2D eigenvalue weighted by Gasteiger charge is -1.96. The van der Waals surface area contributed by atoms with Crippen LogP contribution in [0.5, 0.6) is 0 Å². The molecule has 0 N–H and O–H groups in total. The number of hydrogen-bond acceptors (Lipinski definition) is 1. The molecule has 1 rings (SSSR count). The third kappa shape index (κ3) is 1.11. The molecule has 0 aliphatic rings. The van der Waals surface area contributed by atoms with Gasteiger partial charge in [-0.2, -0.15) is 0 Å². The van der Waals surface area contributed by atoms with E-state index in [4.69, 9.17) is 0 Å². The van der Waals surface area contributed by atoms with Crippen LogP contribution in [0.4, 0.5) is 13.2 Å². The highest BCUT2D eigenvalue weighted by atomic mass is 32.1. The molecule has 54 valence electrons. The molecule has 0 bridgehead atoms. The lowest BCUT2D eigenvalue weighted by atomic mass is 10.3. The first kappa shape index (κ1) is 7.47. The van der Waals surface area contributed by atoms with E-state index in [1.54, 1.807) is 0 Å². The van der Waals surface area contributed by atoms with Gasteiger partial charge in [0, 0.05) is 0 Å². The van der Waals surface area contributed by atoms with Crippen LogP contribution in [0.2, 0.25) is 0 Å². The Hall–Kier alpha value is -0.640. The van der Waals surface area contributed by atoms with E-state index < -0.39 is 22.3 Å². The quantitative estimate of drug-likeness (QED) is 0.441. The molecule has 1 aromatic rings. The number of hydrogen-bond donors (Lipinski definition) is 1. The van der Waals surface area contributed by atoms with Gasteiger partial charge in [0.15, 0.2) is 11.6 Å². The molecule has 10 heavy (non-hydrogen) atoms. The molecule has 0 nitrogen and oxygen atoms in total. The van der Waals surface area contributed by atoms with E-state index in [1.807, 2.05) is 0 Å². The van der Waals surface area contributed by atoms with E-state index >= 15 is 0 Å². The van der Waals surface area contributed by atoms with Crippen molar-refractivity contribution in [2.24, 2.45) is 0 Å². The van der Waals surface area contributed by atoms with Crippen molar-refractivity contribution < 1.29 is 13.2 Å². The predicted molar refractivity (Wildman–Crippen MR) is 33.6 cm³/mol. The number of rotatable bonds is 0. The largest absolute Gasteiger partial charge is 0.206 e. The molecule has 0 saturated carbocycles. The van der Waals surface area contributed by atoms with E-state index in [2.05, 4.69) is 12.6 Å². The summed E-state index contributed by atoms with van der Waals surface area (Å²) in [4.78, 5) is -0.583. The second-order valence-corrected chi connectivity index (χ2v) is 2.14. The van der Waals surface area contributed by atoms with Crippen LogP contribution in [0.1, 0.15) is 0 Å². The van der Waals surface area contributed by atoms with Crippen molar-refractivity contribution in [2.45, 2.75) is 4.90 Å². The first-order valence-corrected chi connectivity index (χ1v) is 2.90. The molecule has 0 amide bonds. The van der Waals surface area contributed by atoms with Gasteiger partial charge in [-0.05, 0) is 12.1 Å². The topological polar surface area (TPSA) is 0 Å². The summed E-state index contributed by atoms with van der Waals surface area (Å²) in [5, 5.41) is 0. The molecule has 0 saturated heterocycles. The summed E-state index contributed by atoms with van der Waals surface area (Å²) in [6, 6.07) is 1.53. The standard InChI is InChI=1S/C6H3F3S/c7-3-1-2-4(8)6(10)5(3)9/h1-2,10H. The maximum absolute atomic E-state index is 12.3. The Labute approximate surface area is 61.1 Å². The average molecular weight is 164 g/mol. The zero-order valence-electron chi connectivity index (χ0n) is 4.74. The maximum atomic E-state index is 12.3. The summed E-state index contributed by atoms with van der Waals surface area (Å²) >= 11 is 3.39. The smallest absolute Gasteiger partial charge is 0.175 e. The molecule has 0 aliphatic heterocycles. The fourth-order valence-electron chi connectivity index (χ4n) is 0.516. The highest BCUT2D eigenvalue weighted by Gasteiger charge is 2.08. The highest BCUT2D eigenvalue weighted by Crippen LogP contribution is 2.18. The molecule has 4 heteroatoms. The second kappa shape index (κ2) is 2.54. The van der Waals surface area contributed by atoms with Crippen molar-refractivity contribution in [3.63, 3.8) is 0 Å². The van der Waals surface area contributed by atoms with Gasteiger partial charge in [0.05, 0.1) is 4.90 Å². The van der Waals surface area contributed by atoms with Gasteiger partial charge in [0.1, 0.15) is 5.82 Å². The third-order valence-electron chi connectivity index (χ3n) is 1.02. The first-order valence-electron chi connectivity index (χ1n) is 2.45. The summed E-state index contributed by atoms with van der Waals surface area (Å²) in [7, 11) is 0. The minimum atomic E-state index is -1.25. The molecule has 0 unspecified atom stereocenters. The fourth-order valence-corrected chi connectivity index (χ4v) is 0.698. The van der Waals surface area contributed by atoms with Crippen molar-refractivity contribution in [2.75, 3.05) is 0 Å². The van der Waals surface area contributed by atoms with Gasteiger partial charge in [-0.3, -0.25) is 0 Å². The van der Waals surface area contributed by atoms with E-state index in [-0.39, 0.29) is 0 Å². The molecular weight excluding hydrogens is 161 g/mol. The lowest BCUT2D eigenvalue weighted by Crippen LogP contribution is -1.88. The summed E-state index contributed by atoms with van der Waals surface area (Å²) in [5.41, 5.74) is 0. The zero-order chi connectivity index (χ0) is 7.72. The Morgan fingerprint density at radius 3 is 2.00 bits per heavy atom. The van der Waals surface area contributed by atoms with Gasteiger partial charge in [0.25, 0.3) is 0 Å². The van der Waals surface area contributed by atoms with Crippen molar-refractivity contribution in [3.05, 3.63) is 29.6 Å². The van der Waals surface area contributed by atoms with Crippen LogP contribution < -0.4 is 0 Å². The Kier molecular flexibility index (Phi) is 1.89. The molecule has 0 fully saturated rings. The van der Waals surface area contributed by atoms with Crippen LogP contribution in [0, 0.1) is 17.5 Å². The van der Waals surface area contributed by atoms with E-state index in [0.29, 0.717) is 6.07 Å². The minimum Gasteiger partial charge on any atom is -0.206 e. The van der Waals surface area contributed by atoms with Crippen molar-refractivity contribution >= 4 is 12.6 Å². The Balaban J connectivity index is 3.34. The molecule has 0 aromatic heterocycles. The van der Waals surface area contributed by atoms with Crippen LogP contribution >= 0.6 is 12.6 Å². The number of thiol groups is 1. The zero-order valence-corrected chi connectivity index (χ0v) is 5.63. The normalized spacial score (nSPS) is 10.0. The monoisotopic (exact) mass is 164 g/mol. The molecule has 0 atom stereocenters. The van der Waals surface area contributed by atoms with Gasteiger partial charge in [-0.15, -0.1) is 12.6 Å². The molecule has 0 aliphatic carbocycles. The van der Waals surface area contributed by atoms with Crippen LogP contribution in [-0.2, 0) is 0 Å². The van der Waals surface area contributed by atoms with Crippen LogP contribution in [0.3, 0.4) is 0 Å². The van der Waals surface area contributed by atoms with Crippen LogP contribution in [-0.4, -0.2) is 0 Å². The third-order valence-corrected chi connectivity index (χ3v) is 1.43. The summed E-state index contributed by atoms with van der Waals surface area (Å²) in [6.45, 7) is 0. The second-order valence-electron chi connectivity index (χ2n) is 1.69. The maximum Gasteiger partial charge on any atom is 0.175 e. The summed E-state index contributed by atoms with van der Waals surface area (Å²) in [6.07, 6.45) is 0. The van der Waals surface area contributed by atoms with Crippen LogP contribution in [0.25, 0.3) is 0 Å². The van der Waals surface area contributed by atoms with E-state index in [0.717, 1.165) is 6.07 Å². The van der Waals surface area contributed by atoms with Crippen molar-refractivity contribution in [1.29, 1.82) is 0 Å². The SMILES string of the molecule is Fc1ccc(F)c(S)c1F. The minimum absolute atomic E-state index is 0.583. The van der Waals surface area contributed by atoms with Gasteiger partial charge >= 0.3 is 0 Å². The van der Waals surface area contributed by atoms with Crippen molar-refractivity contribution in [1.82, 2.24) is 0 Å². The summed E-state index contributed by atoms with van der Waals surface area (Å²) < 4.78 is 36.7. The first-order chi connectivity index (χ1) is 4.63. The van der Waals surface area contributed by atoms with Gasteiger partial charge < -0.3 is 0 Å². The fraction of sp³-hybridized carbons (Fsp3) is 0. The molecule has 0 heterocycles. The predicted octanol–water partition coefficient (Wildman–Crippen LogP) is 2.39. The van der Waals surface area contributed by atoms with Crippen molar-refractivity contribution in [3.8, 4) is 0 Å². The van der Waals surface area contributed by atoms with E-state index in [1.165, 1.54) is 0 Å². The Morgan fingerprint density at radius 2 is 1.50 bits per heavy atom. The number of benzene rings is 1. The Bertz CT molecular complexity index is 232. The van der Waals surface area contributed by atoms with Gasteiger partial charge in [-0.1, -0.05) is 0 Å². The van der Waals surface area contributed by atoms with Gasteiger partial charge in [-0.25, -0.2) is 13.2 Å². The van der Waals surface area contributed by atoms with Gasteiger partial charge in [0.2, 0.25) is 0 Å². The van der Waals surface area contributed by atoms with E-state index in [9.17, 15) is 13.2 Å². The van der Waals surface area contributed by atoms with Crippen LogP contribution in [0.15, 0.2) is 17.0 Å². The lowest BCUT2D eigenvalue weighted by molar-refractivity contribution is 0.468. The highest BCUT2D eigenvalue weighted by molar-refractivity contribution is 7.80. The average Bonchev–Trinajstić information content (AvgIpc) is 1.93. The molecule has 0 radical (unpaired) electrons. The molecular formula is C6H3F3S. The molecule has 0 spiro atoms. The molecule has 1 aromatic carbocycles. The summed E-state index contributed by atoms with van der Waals surface area (Å²) in [5.74, 6) is -3.20. The Morgan fingerprint density at radius 1 is 1.00 bits per heavy atom. The number of halogens is 3.